The van der Waals surface area contributed by atoms with Crippen molar-refractivity contribution in [2.75, 3.05) is 45.0 Å². The summed E-state index contributed by atoms with van der Waals surface area (Å²) in [6.07, 6.45) is 1.38. The Bertz CT molecular complexity index is 810. The highest BCUT2D eigenvalue weighted by Gasteiger charge is 2.54. The predicted molar refractivity (Wildman–Crippen MR) is 96.7 cm³/mol. The molecule has 0 atom stereocenters. The van der Waals surface area contributed by atoms with Gasteiger partial charge >= 0.3 is 6.03 Å². The molecule has 8 nitrogen and oxygen atoms in total. The monoisotopic (exact) mass is 364 g/mol. The third kappa shape index (κ3) is 3.18. The van der Waals surface area contributed by atoms with Crippen LogP contribution in [0.2, 0.25) is 5.02 Å². The zero-order chi connectivity index (χ0) is 18.0. The topological polar surface area (TPSA) is 85.4 Å². The maximum absolute atomic E-state index is 12.9. The fourth-order valence-corrected chi connectivity index (χ4v) is 2.92. The Morgan fingerprint density at radius 1 is 1.16 bits per heavy atom. The van der Waals surface area contributed by atoms with Crippen LogP contribution in [-0.4, -0.2) is 50.4 Å². The van der Waals surface area contributed by atoms with Crippen molar-refractivity contribution in [2.24, 2.45) is 0 Å². The summed E-state index contributed by atoms with van der Waals surface area (Å²) in [5.74, 6) is 2.07. The van der Waals surface area contributed by atoms with Gasteiger partial charge < -0.3 is 14.8 Å². The molecule has 1 aromatic heterocycles. The molecule has 0 unspecified atom stereocenters. The Morgan fingerprint density at radius 3 is 2.48 bits per heavy atom. The second kappa shape index (κ2) is 6.73. The summed E-state index contributed by atoms with van der Waals surface area (Å²) >= 11 is 6.45. The van der Waals surface area contributed by atoms with Gasteiger partial charge in [0.15, 0.2) is 5.69 Å². The Labute approximate surface area is 150 Å². The summed E-state index contributed by atoms with van der Waals surface area (Å²) in [7, 11) is 4.82. The van der Waals surface area contributed by atoms with Crippen molar-refractivity contribution in [3.8, 4) is 11.5 Å². The highest BCUT2D eigenvalue weighted by Crippen LogP contribution is 2.45. The summed E-state index contributed by atoms with van der Waals surface area (Å²) in [5, 5.41) is 6.12. The molecule has 132 valence electrons. The predicted octanol–water partition coefficient (Wildman–Crippen LogP) is 2.74. The fourth-order valence-electron chi connectivity index (χ4n) is 2.57. The zero-order valence-corrected chi connectivity index (χ0v) is 14.9. The maximum atomic E-state index is 12.9. The van der Waals surface area contributed by atoms with Gasteiger partial charge in [-0.25, -0.2) is 14.8 Å². The third-order valence-corrected chi connectivity index (χ3v) is 4.51. The minimum atomic E-state index is -0.224. The van der Waals surface area contributed by atoms with Gasteiger partial charge in [-0.3, -0.25) is 5.32 Å². The molecule has 1 saturated heterocycles. The number of hydrogen-bond donors (Lipinski definition) is 2. The molecule has 25 heavy (non-hydrogen) atoms. The standard InChI is InChI=1S/C16H18ClN5O3/c1-18-13-8-14(20-9-19-13)21-16(23)22(4-5-22)11-6-10(24-2)7-12(25-3)15(11)17/h6-9H,4-5H2,1-3H3,(H-,18,19,20,21,23)/p+1. The number of hydrogen-bond acceptors (Lipinski definition) is 6. The molecular weight excluding hydrogens is 346 g/mol. The molecular formula is C16H19ClN5O3+. The van der Waals surface area contributed by atoms with E-state index in [1.165, 1.54) is 13.4 Å². The van der Waals surface area contributed by atoms with Gasteiger partial charge in [0.05, 0.1) is 14.2 Å². The van der Waals surface area contributed by atoms with Crippen molar-refractivity contribution >= 4 is 35.0 Å². The number of carbonyl (C=O) groups excluding carboxylic acids is 1. The summed E-state index contributed by atoms with van der Waals surface area (Å²) in [6.45, 7) is 1.26. The van der Waals surface area contributed by atoms with Crippen LogP contribution in [0, 0.1) is 0 Å². The second-order valence-corrected chi connectivity index (χ2v) is 5.92. The van der Waals surface area contributed by atoms with E-state index in [1.807, 2.05) is 0 Å². The van der Waals surface area contributed by atoms with Gasteiger partial charge in [-0.15, -0.1) is 0 Å². The number of aromatic nitrogens is 2. The largest absolute Gasteiger partial charge is 0.496 e. The van der Waals surface area contributed by atoms with E-state index in [0.717, 1.165) is 0 Å². The highest BCUT2D eigenvalue weighted by molar-refractivity contribution is 6.35. The van der Waals surface area contributed by atoms with Crippen LogP contribution >= 0.6 is 11.6 Å². The van der Waals surface area contributed by atoms with Crippen LogP contribution in [0.1, 0.15) is 0 Å². The van der Waals surface area contributed by atoms with Gasteiger partial charge in [-0.1, -0.05) is 11.6 Å². The number of quaternary nitrogens is 1. The minimum Gasteiger partial charge on any atom is -0.496 e. The molecule has 0 saturated carbocycles. The van der Waals surface area contributed by atoms with E-state index in [-0.39, 0.29) is 10.5 Å². The first kappa shape index (κ1) is 17.2. The quantitative estimate of drug-likeness (QED) is 0.626. The van der Waals surface area contributed by atoms with Crippen molar-refractivity contribution < 1.29 is 14.3 Å². The Hall–Kier alpha value is -2.58. The number of urea groups is 1. The summed E-state index contributed by atoms with van der Waals surface area (Å²) in [6, 6.07) is 4.88. The summed E-state index contributed by atoms with van der Waals surface area (Å²) in [4.78, 5) is 21.0. The van der Waals surface area contributed by atoms with Crippen molar-refractivity contribution in [1.29, 1.82) is 0 Å². The van der Waals surface area contributed by atoms with Crippen LogP contribution in [0.3, 0.4) is 0 Å². The van der Waals surface area contributed by atoms with Gasteiger partial charge in [0.2, 0.25) is 0 Å². The second-order valence-electron chi connectivity index (χ2n) is 5.55. The zero-order valence-electron chi connectivity index (χ0n) is 14.2. The number of amides is 2. The number of methoxy groups -OCH3 is 2. The van der Waals surface area contributed by atoms with Crippen LogP contribution in [-0.2, 0) is 0 Å². The Kier molecular flexibility index (Phi) is 4.65. The SMILES string of the molecule is CNc1cc(NC(=O)[N+]2(c3cc(OC)cc(OC)c3Cl)CC2)ncn1. The van der Waals surface area contributed by atoms with Crippen molar-refractivity contribution in [3.05, 3.63) is 29.5 Å². The lowest BCUT2D eigenvalue weighted by Gasteiger charge is -2.19. The first-order valence-corrected chi connectivity index (χ1v) is 8.02. The van der Waals surface area contributed by atoms with Crippen molar-refractivity contribution in [1.82, 2.24) is 14.5 Å². The number of halogens is 1. The van der Waals surface area contributed by atoms with Crippen LogP contribution in [0.25, 0.3) is 0 Å². The Morgan fingerprint density at radius 2 is 1.88 bits per heavy atom. The first-order valence-electron chi connectivity index (χ1n) is 7.64. The molecule has 0 spiro atoms. The third-order valence-electron chi connectivity index (χ3n) is 4.13. The van der Waals surface area contributed by atoms with E-state index in [2.05, 4.69) is 20.6 Å². The number of nitrogens with zero attached hydrogens (tertiary/aromatic N) is 3. The number of ether oxygens (including phenoxy) is 2. The molecule has 3 rings (SSSR count). The van der Waals surface area contributed by atoms with Crippen LogP contribution in [0.15, 0.2) is 24.5 Å². The molecule has 2 heterocycles. The van der Waals surface area contributed by atoms with Crippen LogP contribution in [0.4, 0.5) is 22.1 Å². The Balaban J connectivity index is 1.92. The summed E-state index contributed by atoms with van der Waals surface area (Å²) < 4.78 is 10.7. The van der Waals surface area contributed by atoms with Crippen LogP contribution < -0.4 is 24.6 Å². The lowest BCUT2D eigenvalue weighted by molar-refractivity contribution is 0.241. The molecule has 1 fully saturated rings. The molecule has 1 aliphatic heterocycles. The number of carbonyl (C=O) groups is 1. The van der Waals surface area contributed by atoms with E-state index in [1.54, 1.807) is 32.4 Å². The fraction of sp³-hybridized carbons (Fsp3) is 0.312. The molecule has 2 N–H and O–H groups in total. The average molecular weight is 365 g/mol. The highest BCUT2D eigenvalue weighted by atomic mass is 35.5. The average Bonchev–Trinajstić information content (AvgIpc) is 3.44. The van der Waals surface area contributed by atoms with Gasteiger partial charge in [0.1, 0.15) is 47.6 Å². The summed E-state index contributed by atoms with van der Waals surface area (Å²) in [5.41, 5.74) is 0.637. The van der Waals surface area contributed by atoms with Crippen molar-refractivity contribution in [3.63, 3.8) is 0 Å². The van der Waals surface area contributed by atoms with E-state index in [9.17, 15) is 4.79 Å². The number of benzene rings is 1. The molecule has 9 heteroatoms. The molecule has 1 aromatic carbocycles. The lowest BCUT2D eigenvalue weighted by atomic mass is 10.2. The molecule has 0 bridgehead atoms. The molecule has 2 aromatic rings. The molecule has 2 amide bonds. The lowest BCUT2D eigenvalue weighted by Crippen LogP contribution is -2.38. The number of nitrogens with one attached hydrogen (secondary N) is 2. The molecule has 0 aliphatic carbocycles. The van der Waals surface area contributed by atoms with E-state index >= 15 is 0 Å². The van der Waals surface area contributed by atoms with E-state index < -0.39 is 0 Å². The first-order chi connectivity index (χ1) is 12.0. The normalized spacial score (nSPS) is 14.6. The van der Waals surface area contributed by atoms with Crippen molar-refractivity contribution in [2.45, 2.75) is 0 Å². The van der Waals surface area contributed by atoms with E-state index in [4.69, 9.17) is 21.1 Å². The number of rotatable bonds is 5. The van der Waals surface area contributed by atoms with E-state index in [0.29, 0.717) is 46.9 Å². The molecule has 1 aliphatic rings. The van der Waals surface area contributed by atoms with Gasteiger partial charge in [0.25, 0.3) is 0 Å². The smallest absolute Gasteiger partial charge is 0.427 e. The number of anilines is 2. The minimum absolute atomic E-state index is 0.0608. The van der Waals surface area contributed by atoms with Gasteiger partial charge in [-0.05, 0) is 0 Å². The van der Waals surface area contributed by atoms with Crippen LogP contribution in [0.5, 0.6) is 11.5 Å². The van der Waals surface area contributed by atoms with Gasteiger partial charge in [0, 0.05) is 25.2 Å². The maximum Gasteiger partial charge on any atom is 0.427 e. The van der Waals surface area contributed by atoms with Gasteiger partial charge in [-0.2, -0.15) is 4.48 Å². The molecule has 0 radical (unpaired) electrons.